The van der Waals surface area contributed by atoms with Gasteiger partial charge in [-0.25, -0.2) is 0 Å². The molecule has 4 atom stereocenters. The molecule has 8 nitrogen and oxygen atoms in total. The van der Waals surface area contributed by atoms with E-state index in [-0.39, 0.29) is 12.2 Å². The molecular weight excluding hydrogens is 388 g/mol. The Labute approximate surface area is 168 Å². The number of rotatable bonds is 9. The molecule has 0 bridgehead atoms. The highest BCUT2D eigenvalue weighted by molar-refractivity contribution is 8.00. The summed E-state index contributed by atoms with van der Waals surface area (Å²) in [5, 5.41) is 19.7. The zero-order valence-electron chi connectivity index (χ0n) is 16.5. The van der Waals surface area contributed by atoms with Crippen LogP contribution in [0.15, 0.2) is 23.1 Å². The second kappa shape index (κ2) is 10.9. The Morgan fingerprint density at radius 2 is 1.64 bits per heavy atom. The van der Waals surface area contributed by atoms with E-state index in [1.165, 1.54) is 33.9 Å². The van der Waals surface area contributed by atoms with Crippen LogP contribution in [-0.2, 0) is 35.0 Å². The maximum atomic E-state index is 11.5. The van der Waals surface area contributed by atoms with E-state index in [1.807, 2.05) is 0 Å². The van der Waals surface area contributed by atoms with Gasteiger partial charge < -0.3 is 24.4 Å². The average molecular weight is 414 g/mol. The van der Waals surface area contributed by atoms with Gasteiger partial charge in [-0.3, -0.25) is 14.4 Å². The summed E-state index contributed by atoms with van der Waals surface area (Å²) in [4.78, 5) is 34.9. The van der Waals surface area contributed by atoms with E-state index < -0.39 is 41.5 Å². The molecule has 0 aliphatic carbocycles. The van der Waals surface area contributed by atoms with Crippen LogP contribution >= 0.6 is 11.8 Å². The fraction of sp³-hybridized carbons (Fsp3) is 0.526. The molecule has 4 unspecified atom stereocenters. The zero-order chi connectivity index (χ0) is 21.4. The van der Waals surface area contributed by atoms with Gasteiger partial charge in [0.15, 0.2) is 12.2 Å². The van der Waals surface area contributed by atoms with Crippen LogP contribution < -0.4 is 0 Å². The normalized spacial score (nSPS) is 15.1. The topological polar surface area (TPSA) is 119 Å². The van der Waals surface area contributed by atoms with Crippen molar-refractivity contribution in [3.05, 3.63) is 23.8 Å². The van der Waals surface area contributed by atoms with Crippen LogP contribution in [0.5, 0.6) is 5.75 Å². The standard InChI is InChI=1S/C19H26O8S/c1-10(20)18(26-12(3)21)19(27-13(4)22)11(2)28-16-8-14(6-7-15(16)23)9-17(24)25-5/h6-8,10-11,18-20,23H,9H2,1-5H3. The number of carbonyl (C=O) groups is 3. The molecule has 1 rings (SSSR count). The third-order valence-electron chi connectivity index (χ3n) is 3.78. The Bertz CT molecular complexity index is 703. The maximum Gasteiger partial charge on any atom is 0.309 e. The SMILES string of the molecule is COC(=O)Cc1ccc(O)c(SC(C)C(OC(C)=O)C(OC(C)=O)C(C)O)c1. The monoisotopic (exact) mass is 414 g/mol. The van der Waals surface area contributed by atoms with Crippen LogP contribution in [0, 0.1) is 0 Å². The highest BCUT2D eigenvalue weighted by Gasteiger charge is 2.36. The quantitative estimate of drug-likeness (QED) is 0.354. The number of phenolic OH excluding ortho intramolecular Hbond substituents is 1. The van der Waals surface area contributed by atoms with Crippen LogP contribution in [0.1, 0.15) is 33.3 Å². The van der Waals surface area contributed by atoms with Gasteiger partial charge in [0, 0.05) is 24.0 Å². The first-order chi connectivity index (χ1) is 13.0. The number of hydrogen-bond donors (Lipinski definition) is 2. The summed E-state index contributed by atoms with van der Waals surface area (Å²) in [6.07, 6.45) is -3.09. The average Bonchev–Trinajstić information content (AvgIpc) is 2.59. The molecule has 0 spiro atoms. The summed E-state index contributed by atoms with van der Waals surface area (Å²) in [5.41, 5.74) is 0.635. The minimum atomic E-state index is -1.09. The number of carbonyl (C=O) groups excluding carboxylic acids is 3. The number of thioether (sulfide) groups is 1. The molecule has 0 amide bonds. The van der Waals surface area contributed by atoms with Gasteiger partial charge in [-0.05, 0) is 31.5 Å². The molecule has 1 aromatic carbocycles. The van der Waals surface area contributed by atoms with Gasteiger partial charge in [-0.1, -0.05) is 6.07 Å². The Kier molecular flexibility index (Phi) is 9.27. The Morgan fingerprint density at radius 1 is 1.07 bits per heavy atom. The molecule has 0 aliphatic rings. The van der Waals surface area contributed by atoms with Crippen LogP contribution in [0.25, 0.3) is 0 Å². The molecule has 0 heterocycles. The van der Waals surface area contributed by atoms with Crippen molar-refractivity contribution >= 4 is 29.7 Å². The van der Waals surface area contributed by atoms with Crippen molar-refractivity contribution in [3.8, 4) is 5.75 Å². The number of hydrogen-bond acceptors (Lipinski definition) is 9. The highest BCUT2D eigenvalue weighted by Crippen LogP contribution is 2.35. The molecule has 1 aromatic rings. The van der Waals surface area contributed by atoms with E-state index in [4.69, 9.17) is 9.47 Å². The zero-order valence-corrected chi connectivity index (χ0v) is 17.3. The number of methoxy groups -OCH3 is 1. The first-order valence-electron chi connectivity index (χ1n) is 8.63. The molecule has 0 aliphatic heterocycles. The van der Waals surface area contributed by atoms with Crippen LogP contribution in [-0.4, -0.2) is 58.8 Å². The number of aliphatic hydroxyl groups is 1. The maximum absolute atomic E-state index is 11.5. The van der Waals surface area contributed by atoms with Crippen LogP contribution in [0.4, 0.5) is 0 Å². The minimum Gasteiger partial charge on any atom is -0.507 e. The van der Waals surface area contributed by atoms with E-state index in [9.17, 15) is 24.6 Å². The number of aliphatic hydroxyl groups excluding tert-OH is 1. The second-order valence-electron chi connectivity index (χ2n) is 6.27. The Morgan fingerprint density at radius 3 is 2.14 bits per heavy atom. The van der Waals surface area contributed by atoms with Gasteiger partial charge in [0.05, 0.1) is 19.6 Å². The van der Waals surface area contributed by atoms with Gasteiger partial charge in [-0.2, -0.15) is 0 Å². The van der Waals surface area contributed by atoms with E-state index >= 15 is 0 Å². The highest BCUT2D eigenvalue weighted by atomic mass is 32.2. The Balaban J connectivity index is 3.11. The number of ether oxygens (including phenoxy) is 3. The van der Waals surface area contributed by atoms with Crippen molar-refractivity contribution < 1.29 is 38.8 Å². The molecule has 9 heteroatoms. The van der Waals surface area contributed by atoms with Crippen molar-refractivity contribution in [3.63, 3.8) is 0 Å². The Hall–Kier alpha value is -2.26. The lowest BCUT2D eigenvalue weighted by molar-refractivity contribution is -0.173. The molecule has 0 fully saturated rings. The lowest BCUT2D eigenvalue weighted by Gasteiger charge is -2.32. The fourth-order valence-corrected chi connectivity index (χ4v) is 3.68. The largest absolute Gasteiger partial charge is 0.507 e. The van der Waals surface area contributed by atoms with Gasteiger partial charge in [0.1, 0.15) is 5.75 Å². The molecule has 0 radical (unpaired) electrons. The summed E-state index contributed by atoms with van der Waals surface area (Å²) >= 11 is 1.16. The fourth-order valence-electron chi connectivity index (χ4n) is 2.52. The van der Waals surface area contributed by atoms with Crippen molar-refractivity contribution in [1.82, 2.24) is 0 Å². The number of esters is 3. The summed E-state index contributed by atoms with van der Waals surface area (Å²) in [6, 6.07) is 4.68. The predicted molar refractivity (Wildman–Crippen MR) is 102 cm³/mol. The smallest absolute Gasteiger partial charge is 0.309 e. The van der Waals surface area contributed by atoms with Crippen molar-refractivity contribution in [2.75, 3.05) is 7.11 Å². The molecule has 0 aromatic heterocycles. The first-order valence-corrected chi connectivity index (χ1v) is 9.51. The first kappa shape index (κ1) is 23.8. The molecule has 28 heavy (non-hydrogen) atoms. The summed E-state index contributed by atoms with van der Waals surface area (Å²) in [5.74, 6) is -1.66. The number of benzene rings is 1. The van der Waals surface area contributed by atoms with E-state index in [1.54, 1.807) is 19.1 Å². The van der Waals surface area contributed by atoms with E-state index in [0.717, 1.165) is 11.8 Å². The molecule has 0 saturated carbocycles. The van der Waals surface area contributed by atoms with Crippen LogP contribution in [0.3, 0.4) is 0 Å². The predicted octanol–water partition coefficient (Wildman–Crippen LogP) is 1.83. The third kappa shape index (κ3) is 7.40. The molecule has 2 N–H and O–H groups in total. The van der Waals surface area contributed by atoms with Crippen molar-refractivity contribution in [2.24, 2.45) is 0 Å². The summed E-state index contributed by atoms with van der Waals surface area (Å²) < 4.78 is 15.1. The van der Waals surface area contributed by atoms with Gasteiger partial charge in [0.25, 0.3) is 0 Å². The lowest BCUT2D eigenvalue weighted by atomic mass is 10.1. The molecular formula is C19H26O8S. The summed E-state index contributed by atoms with van der Waals surface area (Å²) in [7, 11) is 1.29. The van der Waals surface area contributed by atoms with Gasteiger partial charge in [-0.15, -0.1) is 11.8 Å². The second-order valence-corrected chi connectivity index (χ2v) is 7.69. The van der Waals surface area contributed by atoms with Crippen molar-refractivity contribution in [1.29, 1.82) is 0 Å². The lowest BCUT2D eigenvalue weighted by Crippen LogP contribution is -2.46. The van der Waals surface area contributed by atoms with Crippen molar-refractivity contribution in [2.45, 2.75) is 62.6 Å². The summed E-state index contributed by atoms with van der Waals surface area (Å²) in [6.45, 7) is 5.55. The minimum absolute atomic E-state index is 0.0203. The van der Waals surface area contributed by atoms with Crippen LogP contribution in [0.2, 0.25) is 0 Å². The number of phenols is 1. The third-order valence-corrected chi connectivity index (χ3v) is 5.00. The van der Waals surface area contributed by atoms with Gasteiger partial charge in [0.2, 0.25) is 0 Å². The molecule has 0 saturated heterocycles. The van der Waals surface area contributed by atoms with E-state index in [2.05, 4.69) is 4.74 Å². The number of aromatic hydroxyl groups is 1. The molecule has 156 valence electrons. The van der Waals surface area contributed by atoms with Gasteiger partial charge >= 0.3 is 17.9 Å². The van der Waals surface area contributed by atoms with E-state index in [0.29, 0.717) is 10.5 Å².